The molecule has 5 aliphatic carbocycles. The van der Waals surface area contributed by atoms with Crippen molar-refractivity contribution in [3.63, 3.8) is 0 Å². The summed E-state index contributed by atoms with van der Waals surface area (Å²) in [5, 5.41) is 10.2. The number of ketones is 1. The Balaban J connectivity index is 1.67. The molecule has 0 spiro atoms. The van der Waals surface area contributed by atoms with E-state index in [2.05, 4.69) is 54.5 Å². The van der Waals surface area contributed by atoms with E-state index in [-0.39, 0.29) is 45.8 Å². The summed E-state index contributed by atoms with van der Waals surface area (Å²) in [6.07, 6.45) is 8.34. The van der Waals surface area contributed by atoms with Crippen molar-refractivity contribution in [2.75, 3.05) is 7.11 Å². The zero-order valence-electron chi connectivity index (χ0n) is 26.0. The molecule has 6 heteroatoms. The maximum Gasteiger partial charge on any atom is 0.312 e. The highest BCUT2D eigenvalue weighted by Gasteiger charge is 2.71. The van der Waals surface area contributed by atoms with Crippen LogP contribution in [0.4, 0.5) is 0 Å². The topological polar surface area (TPSA) is 93.5 Å². The molecule has 40 heavy (non-hydrogen) atoms. The Morgan fingerprint density at radius 2 is 1.65 bits per heavy atom. The van der Waals surface area contributed by atoms with E-state index >= 15 is 0 Å². The molecule has 0 aliphatic heterocycles. The lowest BCUT2D eigenvalue weighted by Crippen LogP contribution is -2.65. The van der Waals surface area contributed by atoms with Gasteiger partial charge < -0.3 is 9.47 Å². The van der Waals surface area contributed by atoms with Crippen LogP contribution in [0, 0.1) is 61.6 Å². The molecule has 0 heterocycles. The molecule has 3 fully saturated rings. The monoisotopic (exact) mass is 549 g/mol. The largest absolute Gasteiger partial charge is 0.469 e. The van der Waals surface area contributed by atoms with Crippen molar-refractivity contribution >= 4 is 17.7 Å². The van der Waals surface area contributed by atoms with Crippen molar-refractivity contribution < 1.29 is 23.9 Å². The fourth-order valence-corrected chi connectivity index (χ4v) is 10.8. The van der Waals surface area contributed by atoms with Gasteiger partial charge in [0.15, 0.2) is 5.78 Å². The third-order valence-electron chi connectivity index (χ3n) is 12.9. The van der Waals surface area contributed by atoms with Gasteiger partial charge in [-0.1, -0.05) is 54.0 Å². The Hall–Kier alpha value is -2.42. The molecular formula is C34H47NO5. The zero-order valence-corrected chi connectivity index (χ0v) is 26.0. The Morgan fingerprint density at radius 1 is 1.00 bits per heavy atom. The fourth-order valence-electron chi connectivity index (χ4n) is 10.8. The van der Waals surface area contributed by atoms with E-state index in [1.165, 1.54) is 14.0 Å². The third kappa shape index (κ3) is 3.61. The summed E-state index contributed by atoms with van der Waals surface area (Å²) in [5.41, 5.74) is -0.401. The number of carbonyl (C=O) groups is 3. The Bertz CT molecular complexity index is 1280. The fraction of sp³-hybridized carbons (Fsp3) is 0.765. The first kappa shape index (κ1) is 29.1. The number of ether oxygens (including phenoxy) is 2. The maximum absolute atomic E-state index is 14.5. The highest BCUT2D eigenvalue weighted by atomic mass is 16.5. The van der Waals surface area contributed by atoms with Gasteiger partial charge in [0.25, 0.3) is 0 Å². The number of hydrogen-bond acceptors (Lipinski definition) is 6. The molecule has 3 saturated carbocycles. The predicted octanol–water partition coefficient (Wildman–Crippen LogP) is 7.09. The van der Waals surface area contributed by atoms with Crippen LogP contribution in [0.25, 0.3) is 0 Å². The second-order valence-electron chi connectivity index (χ2n) is 15.7. The average Bonchev–Trinajstić information content (AvgIpc) is 2.86. The molecule has 5 rings (SSSR count). The average molecular weight is 550 g/mol. The van der Waals surface area contributed by atoms with Crippen molar-refractivity contribution in [3.05, 3.63) is 23.0 Å². The molecule has 0 saturated heterocycles. The number of methoxy groups -OCH3 is 1. The molecule has 6 nitrogen and oxygen atoms in total. The lowest BCUT2D eigenvalue weighted by molar-refractivity contribution is -0.192. The van der Waals surface area contributed by atoms with Gasteiger partial charge in [-0.05, 0) is 90.9 Å². The molecule has 218 valence electrons. The SMILES string of the molecule is COC(=O)[C@]12CCC(C)(C)C[C@H]1[C@H]1C(=O)C=C3[C@@]4(C)CC(C#N)=C(OC(C)=O)C(C)(C)[C@@H]4CC[C@@]3(C)[C@]1(C)CC2. The van der Waals surface area contributed by atoms with Crippen molar-refractivity contribution in [2.45, 2.75) is 107 Å². The molecule has 0 aromatic carbocycles. The second kappa shape index (κ2) is 8.79. The first-order valence-corrected chi connectivity index (χ1v) is 15.1. The van der Waals surface area contributed by atoms with E-state index < -0.39 is 22.2 Å². The smallest absolute Gasteiger partial charge is 0.312 e. The Morgan fingerprint density at radius 3 is 2.25 bits per heavy atom. The minimum Gasteiger partial charge on any atom is -0.469 e. The van der Waals surface area contributed by atoms with E-state index in [1.54, 1.807) is 0 Å². The lowest BCUT2D eigenvalue weighted by atomic mass is 9.34. The molecule has 5 aliphatic rings. The number of esters is 2. The van der Waals surface area contributed by atoms with Crippen LogP contribution in [-0.4, -0.2) is 24.8 Å². The number of hydrogen-bond donors (Lipinski definition) is 0. The van der Waals surface area contributed by atoms with E-state index in [0.29, 0.717) is 17.8 Å². The molecule has 0 amide bonds. The van der Waals surface area contributed by atoms with Gasteiger partial charge in [0.2, 0.25) is 0 Å². The van der Waals surface area contributed by atoms with Crippen molar-refractivity contribution in [3.8, 4) is 6.07 Å². The summed E-state index contributed by atoms with van der Waals surface area (Å²) in [5.74, 6) is -0.103. The van der Waals surface area contributed by atoms with Crippen LogP contribution in [0.2, 0.25) is 0 Å². The van der Waals surface area contributed by atoms with Gasteiger partial charge in [-0.3, -0.25) is 14.4 Å². The van der Waals surface area contributed by atoms with E-state index in [9.17, 15) is 19.6 Å². The molecular weight excluding hydrogens is 502 g/mol. The minimum absolute atomic E-state index is 0.0527. The molecule has 0 bridgehead atoms. The van der Waals surface area contributed by atoms with Crippen LogP contribution in [0.15, 0.2) is 23.0 Å². The Kier molecular flexibility index (Phi) is 6.39. The van der Waals surface area contributed by atoms with Gasteiger partial charge >= 0.3 is 11.9 Å². The zero-order chi connectivity index (χ0) is 29.7. The number of nitriles is 1. The van der Waals surface area contributed by atoms with Crippen LogP contribution in [-0.2, 0) is 23.9 Å². The van der Waals surface area contributed by atoms with Crippen LogP contribution in [0.5, 0.6) is 0 Å². The summed E-state index contributed by atoms with van der Waals surface area (Å²) in [6, 6.07) is 2.37. The molecule has 0 aromatic heterocycles. The first-order valence-electron chi connectivity index (χ1n) is 15.1. The third-order valence-corrected chi connectivity index (χ3v) is 12.9. The molecule has 7 atom stereocenters. The number of allylic oxidation sites excluding steroid dienone is 4. The van der Waals surface area contributed by atoms with Gasteiger partial charge in [-0.2, -0.15) is 5.26 Å². The highest BCUT2D eigenvalue weighted by Crippen LogP contribution is 2.75. The maximum atomic E-state index is 14.5. The molecule has 0 aromatic rings. The minimum atomic E-state index is -0.602. The molecule has 0 unspecified atom stereocenters. The standard InChI is InChI=1S/C34H47NO5/c1-20(36)40-27-21(19-35)17-31(6)24(30(27,4)5)10-11-32(7)25(31)16-23(37)26-22-18-29(2,3)12-14-34(22,28(38)39-9)15-13-33(26,32)8/h16,22,24,26H,10-15,17-18H2,1-9H3/t22-,24-,26-,31-,32+,33+,34-/m0/s1. The summed E-state index contributed by atoms with van der Waals surface area (Å²) >= 11 is 0. The second-order valence-corrected chi connectivity index (χ2v) is 15.7. The van der Waals surface area contributed by atoms with Crippen molar-refractivity contribution in [1.29, 1.82) is 5.26 Å². The van der Waals surface area contributed by atoms with Crippen LogP contribution >= 0.6 is 0 Å². The van der Waals surface area contributed by atoms with E-state index in [0.717, 1.165) is 50.5 Å². The van der Waals surface area contributed by atoms with Gasteiger partial charge in [0.05, 0.1) is 24.2 Å². The van der Waals surface area contributed by atoms with Crippen LogP contribution in [0.3, 0.4) is 0 Å². The number of fused-ring (bicyclic) bond motifs is 7. The number of carbonyl (C=O) groups excluding carboxylic acids is 3. The molecule has 0 radical (unpaired) electrons. The summed E-state index contributed by atoms with van der Waals surface area (Å²) in [6.45, 7) is 17.0. The van der Waals surface area contributed by atoms with Crippen molar-refractivity contribution in [1.82, 2.24) is 0 Å². The molecule has 0 N–H and O–H groups in total. The summed E-state index contributed by atoms with van der Waals surface area (Å²) in [7, 11) is 1.49. The van der Waals surface area contributed by atoms with Gasteiger partial charge in [-0.25, -0.2) is 0 Å². The van der Waals surface area contributed by atoms with Crippen molar-refractivity contribution in [2.24, 2.45) is 50.2 Å². The van der Waals surface area contributed by atoms with Crippen LogP contribution < -0.4 is 0 Å². The summed E-state index contributed by atoms with van der Waals surface area (Å²) in [4.78, 5) is 40.0. The highest BCUT2D eigenvalue weighted by molar-refractivity contribution is 5.96. The lowest BCUT2D eigenvalue weighted by Gasteiger charge is -2.69. The number of nitrogens with zero attached hydrogens (tertiary/aromatic N) is 1. The summed E-state index contributed by atoms with van der Waals surface area (Å²) < 4.78 is 11.1. The quantitative estimate of drug-likeness (QED) is 0.341. The van der Waals surface area contributed by atoms with E-state index in [4.69, 9.17) is 9.47 Å². The normalized spacial score (nSPS) is 43.1. The predicted molar refractivity (Wildman–Crippen MR) is 151 cm³/mol. The van der Waals surface area contributed by atoms with Gasteiger partial charge in [-0.15, -0.1) is 0 Å². The van der Waals surface area contributed by atoms with Crippen LogP contribution in [0.1, 0.15) is 107 Å². The first-order chi connectivity index (χ1) is 18.4. The van der Waals surface area contributed by atoms with Gasteiger partial charge in [0.1, 0.15) is 5.76 Å². The number of rotatable bonds is 2. The van der Waals surface area contributed by atoms with Gasteiger partial charge in [0, 0.05) is 18.3 Å². The Labute approximate surface area is 239 Å². The van der Waals surface area contributed by atoms with E-state index in [1.807, 2.05) is 6.08 Å².